The molecular weight excluding hydrogens is 444 g/mol. The van der Waals surface area contributed by atoms with Gasteiger partial charge in [-0.2, -0.15) is 0 Å². The molecule has 1 fully saturated rings. The third-order valence-corrected chi connectivity index (χ3v) is 6.82. The minimum Gasteiger partial charge on any atom is -0.346 e. The van der Waals surface area contributed by atoms with E-state index in [2.05, 4.69) is 54.1 Å². The smallest absolute Gasteiger partial charge is 0.264 e. The SMILES string of the molecule is O=S(=O)(Nc1ncccn1)c1ccc(NC(=S)N2CCN(Cc3ccccc3)CC2)cc1. The fourth-order valence-corrected chi connectivity index (χ4v) is 4.66. The maximum absolute atomic E-state index is 12.5. The number of sulfonamides is 1. The van der Waals surface area contributed by atoms with Crippen LogP contribution in [0.1, 0.15) is 5.56 Å². The van der Waals surface area contributed by atoms with Gasteiger partial charge in [-0.15, -0.1) is 0 Å². The molecule has 2 aromatic carbocycles. The zero-order chi connectivity index (χ0) is 22.4. The van der Waals surface area contributed by atoms with Crippen LogP contribution in [0.4, 0.5) is 11.6 Å². The van der Waals surface area contributed by atoms with Gasteiger partial charge in [-0.25, -0.2) is 23.1 Å². The molecule has 1 saturated heterocycles. The minimum absolute atomic E-state index is 0.0299. The molecule has 0 aliphatic carbocycles. The lowest BCUT2D eigenvalue weighted by Gasteiger charge is -2.36. The quantitative estimate of drug-likeness (QED) is 0.534. The van der Waals surface area contributed by atoms with Crippen molar-refractivity contribution >= 4 is 39.0 Å². The lowest BCUT2D eigenvalue weighted by Crippen LogP contribution is -2.49. The summed E-state index contributed by atoms with van der Waals surface area (Å²) in [6.07, 6.45) is 2.95. The Morgan fingerprint density at radius 1 is 0.906 bits per heavy atom. The number of anilines is 2. The fraction of sp³-hybridized carbons (Fsp3) is 0.227. The maximum Gasteiger partial charge on any atom is 0.264 e. The lowest BCUT2D eigenvalue weighted by molar-refractivity contribution is 0.177. The highest BCUT2D eigenvalue weighted by Gasteiger charge is 2.20. The van der Waals surface area contributed by atoms with Crippen LogP contribution in [-0.4, -0.2) is 59.5 Å². The van der Waals surface area contributed by atoms with Crippen LogP contribution in [0, 0.1) is 0 Å². The molecule has 1 aromatic heterocycles. The summed E-state index contributed by atoms with van der Waals surface area (Å²) in [5, 5.41) is 3.84. The Hall–Kier alpha value is -3.08. The number of hydrogen-bond acceptors (Lipinski definition) is 6. The second-order valence-electron chi connectivity index (χ2n) is 7.38. The first-order valence-corrected chi connectivity index (χ1v) is 12.1. The van der Waals surface area contributed by atoms with Crippen molar-refractivity contribution in [1.29, 1.82) is 0 Å². The van der Waals surface area contributed by atoms with Gasteiger partial charge in [-0.3, -0.25) is 4.90 Å². The minimum atomic E-state index is -3.76. The van der Waals surface area contributed by atoms with E-state index in [0.717, 1.165) is 38.4 Å². The molecule has 0 amide bonds. The van der Waals surface area contributed by atoms with Gasteiger partial charge in [0.1, 0.15) is 0 Å². The maximum atomic E-state index is 12.5. The topological polar surface area (TPSA) is 90.5 Å². The van der Waals surface area contributed by atoms with Crippen LogP contribution in [-0.2, 0) is 16.6 Å². The molecule has 0 unspecified atom stereocenters. The number of aromatic nitrogens is 2. The van der Waals surface area contributed by atoms with Gasteiger partial charge < -0.3 is 10.2 Å². The van der Waals surface area contributed by atoms with Crippen molar-refractivity contribution in [2.75, 3.05) is 36.2 Å². The largest absolute Gasteiger partial charge is 0.346 e. The fourth-order valence-electron chi connectivity index (χ4n) is 3.40. The third kappa shape index (κ3) is 5.78. The Morgan fingerprint density at radius 3 is 2.22 bits per heavy atom. The molecular formula is C22H24N6O2S2. The van der Waals surface area contributed by atoms with Gasteiger partial charge in [0, 0.05) is 50.8 Å². The molecule has 0 bridgehead atoms. The highest BCUT2D eigenvalue weighted by molar-refractivity contribution is 7.92. The van der Waals surface area contributed by atoms with Gasteiger partial charge in [0.05, 0.1) is 4.90 Å². The van der Waals surface area contributed by atoms with Crippen molar-refractivity contribution in [2.45, 2.75) is 11.4 Å². The third-order valence-electron chi connectivity index (χ3n) is 5.12. The number of nitrogens with one attached hydrogen (secondary N) is 2. The van der Waals surface area contributed by atoms with Gasteiger partial charge in [0.25, 0.3) is 10.0 Å². The predicted octanol–water partition coefficient (Wildman–Crippen LogP) is 2.79. The van der Waals surface area contributed by atoms with Crippen molar-refractivity contribution < 1.29 is 8.42 Å². The van der Waals surface area contributed by atoms with Crippen molar-refractivity contribution in [3.8, 4) is 0 Å². The second kappa shape index (κ2) is 10.0. The summed E-state index contributed by atoms with van der Waals surface area (Å²) in [7, 11) is -3.76. The average Bonchev–Trinajstić information content (AvgIpc) is 2.81. The summed E-state index contributed by atoms with van der Waals surface area (Å²) in [6.45, 7) is 4.48. The summed E-state index contributed by atoms with van der Waals surface area (Å²) in [4.78, 5) is 12.4. The monoisotopic (exact) mass is 468 g/mol. The van der Waals surface area contributed by atoms with Crippen molar-refractivity contribution in [3.63, 3.8) is 0 Å². The van der Waals surface area contributed by atoms with E-state index < -0.39 is 10.0 Å². The van der Waals surface area contributed by atoms with E-state index >= 15 is 0 Å². The molecule has 0 spiro atoms. The summed E-state index contributed by atoms with van der Waals surface area (Å²) in [6, 6.07) is 18.5. The van der Waals surface area contributed by atoms with E-state index in [-0.39, 0.29) is 10.8 Å². The van der Waals surface area contributed by atoms with E-state index in [1.807, 2.05) is 6.07 Å². The Kier molecular flexibility index (Phi) is 6.93. The second-order valence-corrected chi connectivity index (χ2v) is 9.45. The molecule has 166 valence electrons. The molecule has 4 rings (SSSR count). The first-order valence-electron chi connectivity index (χ1n) is 10.2. The van der Waals surface area contributed by atoms with Crippen LogP contribution < -0.4 is 10.0 Å². The molecule has 10 heteroatoms. The van der Waals surface area contributed by atoms with Gasteiger partial charge in [0.15, 0.2) is 5.11 Å². The molecule has 2 N–H and O–H groups in total. The van der Waals surface area contributed by atoms with Crippen molar-refractivity contribution in [3.05, 3.63) is 78.6 Å². The average molecular weight is 469 g/mol. The van der Waals surface area contributed by atoms with Crippen LogP contribution in [0.25, 0.3) is 0 Å². The molecule has 3 aromatic rings. The van der Waals surface area contributed by atoms with E-state index in [1.54, 1.807) is 18.2 Å². The van der Waals surface area contributed by atoms with Crippen molar-refractivity contribution in [1.82, 2.24) is 19.8 Å². The molecule has 2 heterocycles. The Balaban J connectivity index is 1.29. The van der Waals surface area contributed by atoms with Gasteiger partial charge >= 0.3 is 0 Å². The molecule has 1 aliphatic rings. The molecule has 1 aliphatic heterocycles. The van der Waals surface area contributed by atoms with E-state index in [4.69, 9.17) is 12.2 Å². The summed E-state index contributed by atoms with van der Waals surface area (Å²) < 4.78 is 27.3. The zero-order valence-corrected chi connectivity index (χ0v) is 19.0. The lowest BCUT2D eigenvalue weighted by atomic mass is 10.2. The number of thiocarbonyl (C=S) groups is 1. The summed E-state index contributed by atoms with van der Waals surface area (Å²) in [5.74, 6) is 0.0299. The molecule has 0 saturated carbocycles. The zero-order valence-electron chi connectivity index (χ0n) is 17.4. The summed E-state index contributed by atoms with van der Waals surface area (Å²) >= 11 is 5.57. The van der Waals surface area contributed by atoms with E-state index in [1.165, 1.54) is 30.1 Å². The van der Waals surface area contributed by atoms with Gasteiger partial charge in [0.2, 0.25) is 5.95 Å². The molecule has 8 nitrogen and oxygen atoms in total. The van der Waals surface area contributed by atoms with E-state index in [0.29, 0.717) is 5.11 Å². The van der Waals surface area contributed by atoms with Crippen LogP contribution >= 0.6 is 12.2 Å². The Morgan fingerprint density at radius 2 is 1.56 bits per heavy atom. The highest BCUT2D eigenvalue weighted by atomic mass is 32.2. The van der Waals surface area contributed by atoms with Crippen molar-refractivity contribution in [2.24, 2.45) is 0 Å². The Bertz CT molecular complexity index is 1130. The highest BCUT2D eigenvalue weighted by Crippen LogP contribution is 2.17. The molecule has 0 radical (unpaired) electrons. The number of piperazine rings is 1. The number of nitrogens with zero attached hydrogens (tertiary/aromatic N) is 4. The standard InChI is InChI=1S/C22H24N6O2S2/c29-32(30,26-21-23-11-4-12-24-21)20-9-7-19(8-10-20)25-22(31)28-15-13-27(14-16-28)17-18-5-2-1-3-6-18/h1-12H,13-17H2,(H,25,31)(H,23,24,26). The van der Waals surface area contributed by atoms with Crippen LogP contribution in [0.15, 0.2) is 78.0 Å². The molecule has 0 atom stereocenters. The molecule has 32 heavy (non-hydrogen) atoms. The number of hydrogen-bond donors (Lipinski definition) is 2. The normalized spacial score (nSPS) is 14.7. The number of rotatable bonds is 6. The Labute approximate surface area is 193 Å². The van der Waals surface area contributed by atoms with Gasteiger partial charge in [-0.05, 0) is 48.1 Å². The van der Waals surface area contributed by atoms with Crippen LogP contribution in [0.5, 0.6) is 0 Å². The van der Waals surface area contributed by atoms with E-state index in [9.17, 15) is 8.42 Å². The van der Waals surface area contributed by atoms with Crippen LogP contribution in [0.2, 0.25) is 0 Å². The summed E-state index contributed by atoms with van der Waals surface area (Å²) in [5.41, 5.74) is 2.04. The number of benzene rings is 2. The first kappa shape index (κ1) is 22.1. The van der Waals surface area contributed by atoms with Crippen LogP contribution in [0.3, 0.4) is 0 Å². The predicted molar refractivity (Wildman–Crippen MR) is 129 cm³/mol. The first-order chi connectivity index (χ1) is 15.5. The van der Waals surface area contributed by atoms with Gasteiger partial charge in [-0.1, -0.05) is 30.3 Å².